The van der Waals surface area contributed by atoms with E-state index in [0.29, 0.717) is 4.88 Å². The lowest BCUT2D eigenvalue weighted by Gasteiger charge is -2.12. The molecule has 0 aliphatic rings. The van der Waals surface area contributed by atoms with Crippen molar-refractivity contribution in [3.63, 3.8) is 0 Å². The van der Waals surface area contributed by atoms with E-state index in [2.05, 4.69) is 4.98 Å². The molecule has 0 aliphatic carbocycles. The second-order valence-corrected chi connectivity index (χ2v) is 5.03. The van der Waals surface area contributed by atoms with E-state index in [1.807, 2.05) is 6.92 Å². The Labute approximate surface area is 102 Å². The fourth-order valence-electron chi connectivity index (χ4n) is 1.77. The van der Waals surface area contributed by atoms with Gasteiger partial charge in [0, 0.05) is 10.4 Å². The van der Waals surface area contributed by atoms with Gasteiger partial charge in [0.25, 0.3) is 0 Å². The third-order valence-electron chi connectivity index (χ3n) is 2.53. The smallest absolute Gasteiger partial charge is 0.131 e. The van der Waals surface area contributed by atoms with Gasteiger partial charge in [-0.1, -0.05) is 6.07 Å². The van der Waals surface area contributed by atoms with Crippen LogP contribution in [0.1, 0.15) is 27.2 Å². The molecule has 2 N–H and O–H groups in total. The van der Waals surface area contributed by atoms with Gasteiger partial charge < -0.3 is 5.73 Å². The topological polar surface area (TPSA) is 38.9 Å². The monoisotopic (exact) mass is 254 g/mol. The zero-order chi connectivity index (χ0) is 12.6. The van der Waals surface area contributed by atoms with Crippen LogP contribution in [0.5, 0.6) is 0 Å². The van der Waals surface area contributed by atoms with Crippen LogP contribution in [0.2, 0.25) is 0 Å². The van der Waals surface area contributed by atoms with E-state index in [1.165, 1.54) is 29.5 Å². The normalized spacial score (nSPS) is 12.8. The van der Waals surface area contributed by atoms with Crippen molar-refractivity contribution in [3.05, 3.63) is 51.0 Å². The molecule has 17 heavy (non-hydrogen) atoms. The van der Waals surface area contributed by atoms with Crippen molar-refractivity contribution in [3.8, 4) is 0 Å². The number of aryl methyl sites for hydroxylation is 2. The Balaban J connectivity index is 2.51. The van der Waals surface area contributed by atoms with Crippen LogP contribution in [0.3, 0.4) is 0 Å². The van der Waals surface area contributed by atoms with Gasteiger partial charge in [0.15, 0.2) is 0 Å². The summed E-state index contributed by atoms with van der Waals surface area (Å²) < 4.78 is 27.2. The maximum Gasteiger partial charge on any atom is 0.131 e. The van der Waals surface area contributed by atoms with Crippen LogP contribution in [0, 0.1) is 25.5 Å². The summed E-state index contributed by atoms with van der Waals surface area (Å²) >= 11 is 1.37. The van der Waals surface area contributed by atoms with Gasteiger partial charge in [0.1, 0.15) is 11.6 Å². The summed E-state index contributed by atoms with van der Waals surface area (Å²) in [6.45, 7) is 3.63. The number of halogens is 2. The highest BCUT2D eigenvalue weighted by Gasteiger charge is 2.21. The van der Waals surface area contributed by atoms with Crippen LogP contribution in [0.4, 0.5) is 8.78 Å². The quantitative estimate of drug-likeness (QED) is 0.894. The number of aromatic nitrogens is 1. The van der Waals surface area contributed by atoms with Gasteiger partial charge in [-0.25, -0.2) is 13.8 Å². The van der Waals surface area contributed by atoms with Gasteiger partial charge in [-0.2, -0.15) is 0 Å². The number of hydrogen-bond acceptors (Lipinski definition) is 3. The number of nitrogens with two attached hydrogens (primary N) is 1. The first-order chi connectivity index (χ1) is 8.00. The minimum Gasteiger partial charge on any atom is -0.319 e. The first kappa shape index (κ1) is 12.1. The van der Waals surface area contributed by atoms with Crippen molar-refractivity contribution in [1.29, 1.82) is 0 Å². The van der Waals surface area contributed by atoms with E-state index in [4.69, 9.17) is 5.73 Å². The molecule has 1 heterocycles. The Morgan fingerprint density at radius 1 is 1.24 bits per heavy atom. The summed E-state index contributed by atoms with van der Waals surface area (Å²) in [5.41, 5.74) is 6.55. The summed E-state index contributed by atoms with van der Waals surface area (Å²) in [4.78, 5) is 4.91. The lowest BCUT2D eigenvalue weighted by atomic mass is 10.0. The molecular weight excluding hydrogens is 242 g/mol. The molecule has 0 aliphatic heterocycles. The summed E-state index contributed by atoms with van der Waals surface area (Å²) in [5, 5.41) is 0.838. The Morgan fingerprint density at radius 3 is 2.29 bits per heavy atom. The molecule has 0 radical (unpaired) electrons. The summed E-state index contributed by atoms with van der Waals surface area (Å²) in [7, 11) is 0. The van der Waals surface area contributed by atoms with Gasteiger partial charge >= 0.3 is 0 Å². The highest BCUT2D eigenvalue weighted by Crippen LogP contribution is 2.30. The number of benzene rings is 1. The van der Waals surface area contributed by atoms with Crippen molar-refractivity contribution in [1.82, 2.24) is 4.98 Å². The number of nitrogens with zero attached hydrogens (tertiary/aromatic N) is 1. The number of hydrogen-bond donors (Lipinski definition) is 1. The first-order valence-electron chi connectivity index (χ1n) is 5.14. The van der Waals surface area contributed by atoms with E-state index in [1.54, 1.807) is 6.92 Å². The second-order valence-electron chi connectivity index (χ2n) is 3.80. The van der Waals surface area contributed by atoms with E-state index in [9.17, 15) is 8.78 Å². The van der Waals surface area contributed by atoms with Crippen LogP contribution in [-0.4, -0.2) is 4.98 Å². The molecule has 0 spiro atoms. The molecule has 1 unspecified atom stereocenters. The summed E-state index contributed by atoms with van der Waals surface area (Å²) in [5.74, 6) is -1.24. The van der Waals surface area contributed by atoms with Crippen LogP contribution in [0.25, 0.3) is 0 Å². The molecule has 2 rings (SSSR count). The fourth-order valence-corrected chi connectivity index (χ4v) is 2.71. The molecule has 0 saturated carbocycles. The van der Waals surface area contributed by atoms with Gasteiger partial charge in [-0.3, -0.25) is 0 Å². The SMILES string of the molecule is Cc1nc(C)c(C(N)c2c(F)cccc2F)s1. The molecule has 0 fully saturated rings. The molecule has 1 aromatic heterocycles. The average Bonchev–Trinajstić information content (AvgIpc) is 2.57. The Morgan fingerprint density at radius 2 is 1.82 bits per heavy atom. The van der Waals surface area contributed by atoms with Gasteiger partial charge in [0.05, 0.1) is 16.7 Å². The fraction of sp³-hybridized carbons (Fsp3) is 0.250. The Hall–Kier alpha value is -1.33. The maximum atomic E-state index is 13.6. The predicted octanol–water partition coefficient (Wildman–Crippen LogP) is 3.09. The van der Waals surface area contributed by atoms with Crippen molar-refractivity contribution in [2.24, 2.45) is 5.73 Å². The zero-order valence-corrected chi connectivity index (χ0v) is 10.3. The molecule has 2 aromatic rings. The minimum absolute atomic E-state index is 0.0979. The minimum atomic E-state index is -0.803. The third-order valence-corrected chi connectivity index (χ3v) is 3.69. The highest BCUT2D eigenvalue weighted by molar-refractivity contribution is 7.11. The lowest BCUT2D eigenvalue weighted by Crippen LogP contribution is -2.15. The molecule has 0 bridgehead atoms. The first-order valence-corrected chi connectivity index (χ1v) is 5.95. The standard InChI is InChI=1S/C12H12F2N2S/c1-6-12(17-7(2)16-6)11(15)10-8(13)4-3-5-9(10)14/h3-5,11H,15H2,1-2H3. The van der Waals surface area contributed by atoms with Gasteiger partial charge in [-0.05, 0) is 26.0 Å². The molecule has 0 saturated heterocycles. The second kappa shape index (κ2) is 4.50. The van der Waals surface area contributed by atoms with E-state index >= 15 is 0 Å². The van der Waals surface area contributed by atoms with E-state index in [-0.39, 0.29) is 5.56 Å². The Bertz CT molecular complexity index is 531. The molecular formula is C12H12F2N2S. The Kier molecular flexibility index (Phi) is 3.22. The van der Waals surface area contributed by atoms with Gasteiger partial charge in [-0.15, -0.1) is 11.3 Å². The van der Waals surface area contributed by atoms with E-state index < -0.39 is 17.7 Å². The van der Waals surface area contributed by atoms with Crippen molar-refractivity contribution in [2.75, 3.05) is 0 Å². The van der Waals surface area contributed by atoms with Crippen molar-refractivity contribution in [2.45, 2.75) is 19.9 Å². The molecule has 90 valence electrons. The van der Waals surface area contributed by atoms with Crippen LogP contribution < -0.4 is 5.73 Å². The summed E-state index contributed by atoms with van der Waals surface area (Å²) in [6, 6.07) is 2.94. The van der Waals surface area contributed by atoms with Gasteiger partial charge in [0.2, 0.25) is 0 Å². The zero-order valence-electron chi connectivity index (χ0n) is 9.50. The summed E-state index contributed by atoms with van der Waals surface area (Å²) in [6.07, 6.45) is 0. The average molecular weight is 254 g/mol. The maximum absolute atomic E-state index is 13.6. The van der Waals surface area contributed by atoms with Crippen LogP contribution in [-0.2, 0) is 0 Å². The highest BCUT2D eigenvalue weighted by atomic mass is 32.1. The van der Waals surface area contributed by atoms with E-state index in [0.717, 1.165) is 10.7 Å². The molecule has 0 amide bonds. The number of thiazole rings is 1. The molecule has 5 heteroatoms. The van der Waals surface area contributed by atoms with Crippen LogP contribution in [0.15, 0.2) is 18.2 Å². The predicted molar refractivity (Wildman–Crippen MR) is 64.0 cm³/mol. The largest absolute Gasteiger partial charge is 0.319 e. The van der Waals surface area contributed by atoms with Crippen LogP contribution >= 0.6 is 11.3 Å². The third kappa shape index (κ3) is 2.21. The lowest BCUT2D eigenvalue weighted by molar-refractivity contribution is 0.544. The molecule has 1 aromatic carbocycles. The number of rotatable bonds is 2. The molecule has 2 nitrogen and oxygen atoms in total. The molecule has 1 atom stereocenters. The van der Waals surface area contributed by atoms with Crippen molar-refractivity contribution < 1.29 is 8.78 Å². The van der Waals surface area contributed by atoms with Crippen molar-refractivity contribution >= 4 is 11.3 Å².